The Morgan fingerprint density at radius 3 is 2.20 bits per heavy atom. The zero-order valence-corrected chi connectivity index (χ0v) is 13.7. The van der Waals surface area contributed by atoms with Crippen molar-refractivity contribution in [3.63, 3.8) is 0 Å². The van der Waals surface area contributed by atoms with Gasteiger partial charge in [-0.25, -0.2) is 0 Å². The molecule has 0 radical (unpaired) electrons. The maximum absolute atomic E-state index is 5.50. The molecule has 0 unspecified atom stereocenters. The molecule has 3 nitrogen and oxygen atoms in total. The molecule has 2 N–H and O–H groups in total. The highest BCUT2D eigenvalue weighted by atomic mass is 32.1. The van der Waals surface area contributed by atoms with Gasteiger partial charge in [-0.05, 0) is 95.1 Å². The molecule has 4 aliphatic carbocycles. The Morgan fingerprint density at radius 1 is 1.05 bits per heavy atom. The highest BCUT2D eigenvalue weighted by Gasteiger charge is 2.48. The van der Waals surface area contributed by atoms with Crippen molar-refractivity contribution in [3.05, 3.63) is 0 Å². The Labute approximate surface area is 128 Å². The second-order valence-corrected chi connectivity index (χ2v) is 7.92. The number of hydrogen-bond donors (Lipinski definition) is 2. The van der Waals surface area contributed by atoms with Crippen LogP contribution in [0.25, 0.3) is 0 Å². The van der Waals surface area contributed by atoms with Crippen molar-refractivity contribution < 1.29 is 0 Å². The van der Waals surface area contributed by atoms with E-state index in [1.165, 1.54) is 32.1 Å². The minimum absolute atomic E-state index is 0.664. The van der Waals surface area contributed by atoms with E-state index in [-0.39, 0.29) is 0 Å². The van der Waals surface area contributed by atoms with Crippen LogP contribution in [-0.4, -0.2) is 43.2 Å². The van der Waals surface area contributed by atoms with Gasteiger partial charge in [-0.1, -0.05) is 0 Å². The summed E-state index contributed by atoms with van der Waals surface area (Å²) in [6.07, 6.45) is 8.48. The minimum Gasteiger partial charge on any atom is -0.363 e. The molecule has 0 spiro atoms. The molecule has 0 heterocycles. The standard InChI is InChI=1S/C16H29N3S/c1-19(2)5-3-4-17-16(20)18-15-13-7-11-6-12(9-13)10-14(15)8-11/h11-15H,3-10H2,1-2H3,(H2,17,18,20). The summed E-state index contributed by atoms with van der Waals surface area (Å²) in [5.74, 6) is 3.87. The lowest BCUT2D eigenvalue weighted by molar-refractivity contribution is -0.00693. The summed E-state index contributed by atoms with van der Waals surface area (Å²) >= 11 is 5.50. The van der Waals surface area contributed by atoms with Crippen molar-refractivity contribution >= 4 is 17.3 Å². The van der Waals surface area contributed by atoms with Crippen LogP contribution in [0.1, 0.15) is 38.5 Å². The number of nitrogens with zero attached hydrogens (tertiary/aromatic N) is 1. The topological polar surface area (TPSA) is 27.3 Å². The van der Waals surface area contributed by atoms with Gasteiger partial charge in [0.05, 0.1) is 0 Å². The van der Waals surface area contributed by atoms with E-state index in [0.717, 1.165) is 48.3 Å². The van der Waals surface area contributed by atoms with Gasteiger partial charge in [0.15, 0.2) is 5.11 Å². The first-order valence-electron chi connectivity index (χ1n) is 8.31. The molecule has 0 aromatic rings. The number of thiocarbonyl (C=S) groups is 1. The van der Waals surface area contributed by atoms with Crippen molar-refractivity contribution in [1.82, 2.24) is 15.5 Å². The molecule has 4 bridgehead atoms. The molecular formula is C16H29N3S. The molecule has 114 valence electrons. The van der Waals surface area contributed by atoms with E-state index in [1.807, 2.05) is 0 Å². The average Bonchev–Trinajstić information content (AvgIpc) is 2.38. The molecular weight excluding hydrogens is 266 g/mol. The van der Waals surface area contributed by atoms with Crippen LogP contribution < -0.4 is 10.6 Å². The lowest BCUT2D eigenvalue weighted by atomic mass is 9.54. The first-order valence-corrected chi connectivity index (χ1v) is 8.71. The molecule has 4 heteroatoms. The van der Waals surface area contributed by atoms with Gasteiger partial charge in [-0.2, -0.15) is 0 Å². The molecule has 0 aromatic carbocycles. The van der Waals surface area contributed by atoms with E-state index >= 15 is 0 Å². The van der Waals surface area contributed by atoms with E-state index < -0.39 is 0 Å². The fraction of sp³-hybridized carbons (Fsp3) is 0.938. The number of rotatable bonds is 5. The van der Waals surface area contributed by atoms with Gasteiger partial charge in [-0.15, -0.1) is 0 Å². The van der Waals surface area contributed by atoms with Gasteiger partial charge in [0.2, 0.25) is 0 Å². The predicted octanol–water partition coefficient (Wildman–Crippen LogP) is 2.23. The third kappa shape index (κ3) is 3.28. The lowest BCUT2D eigenvalue weighted by Gasteiger charge is -2.54. The monoisotopic (exact) mass is 295 g/mol. The second kappa shape index (κ2) is 6.18. The van der Waals surface area contributed by atoms with Crippen molar-refractivity contribution in [2.24, 2.45) is 23.7 Å². The lowest BCUT2D eigenvalue weighted by Crippen LogP contribution is -2.57. The molecule has 0 aliphatic heterocycles. The third-order valence-corrected chi connectivity index (χ3v) is 5.85. The maximum Gasteiger partial charge on any atom is 0.166 e. The predicted molar refractivity (Wildman–Crippen MR) is 87.7 cm³/mol. The Balaban J connectivity index is 1.42. The first kappa shape index (κ1) is 14.6. The second-order valence-electron chi connectivity index (χ2n) is 7.51. The van der Waals surface area contributed by atoms with Crippen LogP contribution in [0.5, 0.6) is 0 Å². The van der Waals surface area contributed by atoms with Crippen LogP contribution in [0, 0.1) is 23.7 Å². The van der Waals surface area contributed by atoms with Crippen molar-refractivity contribution in [2.75, 3.05) is 27.2 Å². The molecule has 20 heavy (non-hydrogen) atoms. The molecule has 0 amide bonds. The molecule has 4 rings (SSSR count). The zero-order valence-electron chi connectivity index (χ0n) is 12.9. The van der Waals surface area contributed by atoms with Crippen LogP contribution in [0.15, 0.2) is 0 Å². The number of nitrogens with one attached hydrogen (secondary N) is 2. The summed E-state index contributed by atoms with van der Waals surface area (Å²) in [6, 6.07) is 0.664. The molecule has 0 atom stereocenters. The van der Waals surface area contributed by atoms with Gasteiger partial charge in [0.25, 0.3) is 0 Å². The Hall–Kier alpha value is -0.350. The number of hydrogen-bond acceptors (Lipinski definition) is 2. The van der Waals surface area contributed by atoms with E-state index in [0.29, 0.717) is 6.04 Å². The molecule has 4 fully saturated rings. The maximum atomic E-state index is 5.50. The highest BCUT2D eigenvalue weighted by molar-refractivity contribution is 7.80. The van der Waals surface area contributed by atoms with Crippen molar-refractivity contribution in [2.45, 2.75) is 44.6 Å². The van der Waals surface area contributed by atoms with E-state index in [1.54, 1.807) is 0 Å². The summed E-state index contributed by atoms with van der Waals surface area (Å²) in [6.45, 7) is 2.10. The summed E-state index contributed by atoms with van der Waals surface area (Å²) in [5.41, 5.74) is 0. The van der Waals surface area contributed by atoms with Gasteiger partial charge < -0.3 is 15.5 Å². The van der Waals surface area contributed by atoms with Crippen LogP contribution in [0.3, 0.4) is 0 Å². The SMILES string of the molecule is CN(C)CCCNC(=S)NC1C2CC3CC(C2)CC1C3. The fourth-order valence-electron chi connectivity index (χ4n) is 4.96. The minimum atomic E-state index is 0.664. The van der Waals surface area contributed by atoms with Crippen LogP contribution in [0.4, 0.5) is 0 Å². The largest absolute Gasteiger partial charge is 0.363 e. The third-order valence-electron chi connectivity index (χ3n) is 5.59. The Kier molecular flexibility index (Phi) is 4.51. The average molecular weight is 295 g/mol. The Morgan fingerprint density at radius 2 is 1.65 bits per heavy atom. The first-order chi connectivity index (χ1) is 9.61. The fourth-order valence-corrected chi connectivity index (χ4v) is 5.20. The van der Waals surface area contributed by atoms with Gasteiger partial charge in [0.1, 0.15) is 0 Å². The van der Waals surface area contributed by atoms with Gasteiger partial charge in [0, 0.05) is 12.6 Å². The summed E-state index contributed by atoms with van der Waals surface area (Å²) < 4.78 is 0. The van der Waals surface area contributed by atoms with Crippen LogP contribution >= 0.6 is 12.2 Å². The van der Waals surface area contributed by atoms with Gasteiger partial charge in [-0.3, -0.25) is 0 Å². The van der Waals surface area contributed by atoms with E-state index in [9.17, 15) is 0 Å². The van der Waals surface area contributed by atoms with Crippen molar-refractivity contribution in [3.8, 4) is 0 Å². The highest BCUT2D eigenvalue weighted by Crippen LogP contribution is 2.53. The zero-order chi connectivity index (χ0) is 14.1. The van der Waals surface area contributed by atoms with Crippen LogP contribution in [0.2, 0.25) is 0 Å². The summed E-state index contributed by atoms with van der Waals surface area (Å²) in [5, 5.41) is 7.94. The summed E-state index contributed by atoms with van der Waals surface area (Å²) in [7, 11) is 4.23. The smallest absolute Gasteiger partial charge is 0.166 e. The molecule has 0 saturated heterocycles. The molecule has 4 aliphatic rings. The molecule has 4 saturated carbocycles. The summed E-state index contributed by atoms with van der Waals surface area (Å²) in [4.78, 5) is 2.22. The van der Waals surface area contributed by atoms with E-state index in [2.05, 4.69) is 29.6 Å². The normalized spacial score (nSPS) is 38.2. The quantitative estimate of drug-likeness (QED) is 0.601. The van der Waals surface area contributed by atoms with E-state index in [4.69, 9.17) is 12.2 Å². The van der Waals surface area contributed by atoms with Crippen molar-refractivity contribution in [1.29, 1.82) is 0 Å². The van der Waals surface area contributed by atoms with Crippen LogP contribution in [-0.2, 0) is 0 Å². The van der Waals surface area contributed by atoms with Gasteiger partial charge >= 0.3 is 0 Å². The Bertz CT molecular complexity index is 328. The molecule has 0 aromatic heterocycles.